The molecule has 0 atom stereocenters. The molecule has 0 fully saturated rings. The van der Waals surface area contributed by atoms with Gasteiger partial charge in [0.2, 0.25) is 0 Å². The van der Waals surface area contributed by atoms with Crippen molar-refractivity contribution in [2.75, 3.05) is 0 Å². The zero-order valence-electron chi connectivity index (χ0n) is 12.9. The summed E-state index contributed by atoms with van der Waals surface area (Å²) in [6, 6.07) is 25.7. The zero-order chi connectivity index (χ0) is 16.5. The Morgan fingerprint density at radius 2 is 1.38 bits per heavy atom. The van der Waals surface area contributed by atoms with Crippen LogP contribution in [-0.2, 0) is 0 Å². The third kappa shape index (κ3) is 2.59. The van der Waals surface area contributed by atoms with Crippen molar-refractivity contribution < 1.29 is 4.39 Å². The van der Waals surface area contributed by atoms with Gasteiger partial charge in [-0.1, -0.05) is 72.3 Å². The van der Waals surface area contributed by atoms with Gasteiger partial charge in [-0.15, -0.1) is 0 Å². The third-order valence-corrected chi connectivity index (χ3v) is 4.56. The standard InChI is InChI=1S/C21H15ClFN/c22-18-14-20-17(13-19(18)23)11-12-24(20)21(15-7-3-1-4-8-15)16-9-5-2-6-10-16/h1-14,21H. The molecule has 1 heterocycles. The second-order valence-electron chi connectivity index (χ2n) is 5.77. The van der Waals surface area contributed by atoms with Crippen molar-refractivity contribution in [1.29, 1.82) is 0 Å². The molecule has 3 heteroatoms. The van der Waals surface area contributed by atoms with E-state index in [4.69, 9.17) is 11.6 Å². The molecule has 1 aromatic heterocycles. The lowest BCUT2D eigenvalue weighted by Gasteiger charge is -2.21. The third-order valence-electron chi connectivity index (χ3n) is 4.27. The summed E-state index contributed by atoms with van der Waals surface area (Å²) in [5.41, 5.74) is 3.25. The fraction of sp³-hybridized carbons (Fsp3) is 0.0476. The molecule has 0 aliphatic heterocycles. The fourth-order valence-corrected chi connectivity index (χ4v) is 3.32. The van der Waals surface area contributed by atoms with Gasteiger partial charge in [0.1, 0.15) is 5.82 Å². The van der Waals surface area contributed by atoms with Crippen LogP contribution in [0.3, 0.4) is 0 Å². The molecule has 0 aliphatic carbocycles. The number of rotatable bonds is 3. The van der Waals surface area contributed by atoms with E-state index in [1.807, 2.05) is 48.7 Å². The highest BCUT2D eigenvalue weighted by atomic mass is 35.5. The summed E-state index contributed by atoms with van der Waals surface area (Å²) < 4.78 is 15.9. The molecule has 0 radical (unpaired) electrons. The summed E-state index contributed by atoms with van der Waals surface area (Å²) in [7, 11) is 0. The second-order valence-corrected chi connectivity index (χ2v) is 6.18. The van der Waals surface area contributed by atoms with Crippen LogP contribution in [0.2, 0.25) is 5.02 Å². The van der Waals surface area contributed by atoms with Gasteiger partial charge < -0.3 is 4.57 Å². The topological polar surface area (TPSA) is 4.93 Å². The molecule has 0 saturated carbocycles. The Labute approximate surface area is 144 Å². The maximum atomic E-state index is 13.8. The Hall–Kier alpha value is -2.58. The van der Waals surface area contributed by atoms with Gasteiger partial charge in [-0.3, -0.25) is 0 Å². The molecule has 4 rings (SSSR count). The van der Waals surface area contributed by atoms with Gasteiger partial charge in [0.15, 0.2) is 0 Å². The van der Waals surface area contributed by atoms with E-state index in [0.717, 1.165) is 10.9 Å². The van der Waals surface area contributed by atoms with Gasteiger partial charge in [-0.25, -0.2) is 4.39 Å². The Bertz CT molecular complexity index is 937. The average Bonchev–Trinajstić information content (AvgIpc) is 3.00. The van der Waals surface area contributed by atoms with Crippen molar-refractivity contribution in [3.63, 3.8) is 0 Å². The van der Waals surface area contributed by atoms with Crippen LogP contribution in [0.1, 0.15) is 17.2 Å². The van der Waals surface area contributed by atoms with Gasteiger partial charge in [0, 0.05) is 11.6 Å². The lowest BCUT2D eigenvalue weighted by atomic mass is 9.98. The summed E-state index contributed by atoms with van der Waals surface area (Å²) in [4.78, 5) is 0. The zero-order valence-corrected chi connectivity index (χ0v) is 13.6. The van der Waals surface area contributed by atoms with E-state index in [-0.39, 0.29) is 11.1 Å². The van der Waals surface area contributed by atoms with E-state index in [1.165, 1.54) is 17.2 Å². The molecule has 0 spiro atoms. The molecule has 3 aromatic carbocycles. The van der Waals surface area contributed by atoms with E-state index >= 15 is 0 Å². The Balaban J connectivity index is 1.96. The first-order valence-corrected chi connectivity index (χ1v) is 8.17. The van der Waals surface area contributed by atoms with Crippen molar-refractivity contribution in [3.8, 4) is 0 Å². The van der Waals surface area contributed by atoms with Gasteiger partial charge in [0.05, 0.1) is 16.6 Å². The minimum Gasteiger partial charge on any atom is -0.336 e. The van der Waals surface area contributed by atoms with Gasteiger partial charge in [0.25, 0.3) is 0 Å². The minimum atomic E-state index is -0.391. The lowest BCUT2D eigenvalue weighted by molar-refractivity contribution is 0.629. The molecule has 0 bridgehead atoms. The number of fused-ring (bicyclic) bond motifs is 1. The van der Waals surface area contributed by atoms with E-state index in [9.17, 15) is 4.39 Å². The predicted molar refractivity (Wildman–Crippen MR) is 97.0 cm³/mol. The number of aromatic nitrogens is 1. The maximum absolute atomic E-state index is 13.8. The van der Waals surface area contributed by atoms with Crippen molar-refractivity contribution >= 4 is 22.5 Å². The van der Waals surface area contributed by atoms with E-state index in [0.29, 0.717) is 0 Å². The highest BCUT2D eigenvalue weighted by Crippen LogP contribution is 2.32. The van der Waals surface area contributed by atoms with Gasteiger partial charge in [-0.05, 0) is 29.3 Å². The summed E-state index contributed by atoms with van der Waals surface area (Å²) in [5, 5.41) is 0.982. The van der Waals surface area contributed by atoms with Crippen LogP contribution in [0.4, 0.5) is 4.39 Å². The van der Waals surface area contributed by atoms with Crippen molar-refractivity contribution in [2.45, 2.75) is 6.04 Å². The summed E-state index contributed by atoms with van der Waals surface area (Å²) >= 11 is 6.02. The summed E-state index contributed by atoms with van der Waals surface area (Å²) in [6.45, 7) is 0. The Morgan fingerprint density at radius 3 is 1.96 bits per heavy atom. The number of hydrogen-bond acceptors (Lipinski definition) is 0. The number of nitrogens with zero attached hydrogens (tertiary/aromatic N) is 1. The molecule has 0 amide bonds. The molecular weight excluding hydrogens is 321 g/mol. The van der Waals surface area contributed by atoms with Crippen molar-refractivity contribution in [1.82, 2.24) is 4.57 Å². The quantitative estimate of drug-likeness (QED) is 0.428. The summed E-state index contributed by atoms with van der Waals surface area (Å²) in [5.74, 6) is -0.391. The summed E-state index contributed by atoms with van der Waals surface area (Å²) in [6.07, 6.45) is 1.99. The lowest BCUT2D eigenvalue weighted by Crippen LogP contribution is -2.11. The van der Waals surface area contributed by atoms with Crippen molar-refractivity contribution in [2.24, 2.45) is 0 Å². The molecule has 0 N–H and O–H groups in total. The maximum Gasteiger partial charge on any atom is 0.142 e. The Morgan fingerprint density at radius 1 is 0.792 bits per heavy atom. The molecule has 118 valence electrons. The normalized spacial score (nSPS) is 11.3. The van der Waals surface area contributed by atoms with Gasteiger partial charge >= 0.3 is 0 Å². The molecule has 24 heavy (non-hydrogen) atoms. The highest BCUT2D eigenvalue weighted by molar-refractivity contribution is 6.31. The number of hydrogen-bond donors (Lipinski definition) is 0. The van der Waals surface area contributed by atoms with Crippen molar-refractivity contribution in [3.05, 3.63) is 107 Å². The molecule has 0 unspecified atom stereocenters. The highest BCUT2D eigenvalue weighted by Gasteiger charge is 2.18. The average molecular weight is 336 g/mol. The predicted octanol–water partition coefficient (Wildman–Crippen LogP) is 6.07. The SMILES string of the molecule is Fc1cc2ccn(C(c3ccccc3)c3ccccc3)c2cc1Cl. The van der Waals surface area contributed by atoms with E-state index in [2.05, 4.69) is 28.8 Å². The molecule has 0 saturated heterocycles. The Kier molecular flexibility index (Phi) is 3.83. The largest absolute Gasteiger partial charge is 0.336 e. The number of benzene rings is 3. The van der Waals surface area contributed by atoms with Crippen LogP contribution in [0.15, 0.2) is 85.1 Å². The first-order valence-electron chi connectivity index (χ1n) is 7.79. The minimum absolute atomic E-state index is 0.00595. The molecule has 0 aliphatic rings. The first kappa shape index (κ1) is 15.0. The van der Waals surface area contributed by atoms with E-state index in [1.54, 1.807) is 6.07 Å². The first-order chi connectivity index (χ1) is 11.7. The van der Waals surface area contributed by atoms with Crippen LogP contribution in [0.5, 0.6) is 0 Å². The smallest absolute Gasteiger partial charge is 0.142 e. The van der Waals surface area contributed by atoms with E-state index < -0.39 is 5.82 Å². The fourth-order valence-electron chi connectivity index (χ4n) is 3.16. The molecule has 1 nitrogen and oxygen atoms in total. The second kappa shape index (κ2) is 6.14. The number of halogens is 2. The van der Waals surface area contributed by atoms with Crippen LogP contribution in [0.25, 0.3) is 10.9 Å². The van der Waals surface area contributed by atoms with Crippen LogP contribution < -0.4 is 0 Å². The van der Waals surface area contributed by atoms with Crippen LogP contribution in [-0.4, -0.2) is 4.57 Å². The van der Waals surface area contributed by atoms with Crippen LogP contribution in [0, 0.1) is 5.82 Å². The molecular formula is C21H15ClFN. The monoisotopic (exact) mass is 335 g/mol. The van der Waals surface area contributed by atoms with Gasteiger partial charge in [-0.2, -0.15) is 0 Å². The molecule has 4 aromatic rings. The van der Waals surface area contributed by atoms with Crippen LogP contribution >= 0.6 is 11.6 Å².